The summed E-state index contributed by atoms with van der Waals surface area (Å²) in [7, 11) is 0. The van der Waals surface area contributed by atoms with Crippen LogP contribution in [-0.2, 0) is 0 Å². The molecule has 24 heavy (non-hydrogen) atoms. The van der Waals surface area contributed by atoms with Gasteiger partial charge in [0.2, 0.25) is 0 Å². The lowest BCUT2D eigenvalue weighted by Crippen LogP contribution is -2.21. The van der Waals surface area contributed by atoms with E-state index in [1.165, 1.54) is 0 Å². The number of para-hydroxylation sites is 2. The largest absolute Gasteiger partial charge is 0.507 e. The van der Waals surface area contributed by atoms with E-state index in [2.05, 4.69) is 23.8 Å². The zero-order chi connectivity index (χ0) is 17.4. The van der Waals surface area contributed by atoms with Crippen LogP contribution in [0.5, 0.6) is 11.5 Å². The minimum atomic E-state index is 0.0247. The van der Waals surface area contributed by atoms with Crippen LogP contribution in [0.3, 0.4) is 0 Å². The van der Waals surface area contributed by atoms with Crippen LogP contribution in [0, 0.1) is 0 Å². The zero-order valence-electron chi connectivity index (χ0n) is 14.1. The molecule has 0 saturated heterocycles. The Balaban J connectivity index is 2.15. The van der Waals surface area contributed by atoms with Gasteiger partial charge in [-0.2, -0.15) is 0 Å². The maximum Gasteiger partial charge on any atom is 0.124 e. The van der Waals surface area contributed by atoms with Crippen molar-refractivity contribution >= 4 is 12.4 Å². The van der Waals surface area contributed by atoms with Crippen molar-refractivity contribution in [3.63, 3.8) is 0 Å². The Hall–Kier alpha value is -2.62. The van der Waals surface area contributed by atoms with Crippen molar-refractivity contribution in [1.29, 1.82) is 0 Å². The summed E-state index contributed by atoms with van der Waals surface area (Å²) in [6.07, 6.45) is 5.12. The average Bonchev–Trinajstić information content (AvgIpc) is 2.60. The first kappa shape index (κ1) is 17.7. The second-order valence-electron chi connectivity index (χ2n) is 5.63. The Morgan fingerprint density at radius 2 is 1.12 bits per heavy atom. The van der Waals surface area contributed by atoms with E-state index >= 15 is 0 Å². The van der Waals surface area contributed by atoms with Crippen molar-refractivity contribution in [3.8, 4) is 11.5 Å². The molecule has 0 bridgehead atoms. The fraction of sp³-hybridized carbons (Fsp3) is 0.300. The molecule has 2 aromatic rings. The molecule has 0 amide bonds. The second kappa shape index (κ2) is 8.87. The molecule has 2 N–H and O–H groups in total. The smallest absolute Gasteiger partial charge is 0.124 e. The predicted octanol–water partition coefficient (Wildman–Crippen LogP) is 4.19. The SMILES string of the molecule is CC[C@H](N=Cc1ccccc1O)[C@H](CC)N=Cc1ccccc1O. The van der Waals surface area contributed by atoms with Crippen LogP contribution >= 0.6 is 0 Å². The highest BCUT2D eigenvalue weighted by Gasteiger charge is 2.15. The third-order valence-electron chi connectivity index (χ3n) is 3.96. The summed E-state index contributed by atoms with van der Waals surface area (Å²) in [6.45, 7) is 4.15. The van der Waals surface area contributed by atoms with Gasteiger partial charge in [-0.3, -0.25) is 9.98 Å². The lowest BCUT2D eigenvalue weighted by atomic mass is 10.0. The van der Waals surface area contributed by atoms with Gasteiger partial charge >= 0.3 is 0 Å². The van der Waals surface area contributed by atoms with Gasteiger partial charge in [0.1, 0.15) is 11.5 Å². The van der Waals surface area contributed by atoms with Crippen LogP contribution in [0.1, 0.15) is 37.8 Å². The summed E-state index contributed by atoms with van der Waals surface area (Å²) in [5, 5.41) is 19.7. The van der Waals surface area contributed by atoms with Crippen molar-refractivity contribution in [2.75, 3.05) is 0 Å². The molecule has 2 aromatic carbocycles. The highest BCUT2D eigenvalue weighted by atomic mass is 16.3. The van der Waals surface area contributed by atoms with E-state index in [4.69, 9.17) is 0 Å². The van der Waals surface area contributed by atoms with Crippen LogP contribution in [0.2, 0.25) is 0 Å². The standard InChI is InChI=1S/C20H24N2O2/c1-3-17(21-13-15-9-5-7-11-19(15)23)18(4-2)22-14-16-10-6-8-12-20(16)24/h5-14,17-18,23-24H,3-4H2,1-2H3/t17-,18-/m0/s1. The summed E-state index contributed by atoms with van der Waals surface area (Å²) >= 11 is 0. The Morgan fingerprint density at radius 3 is 1.46 bits per heavy atom. The number of phenols is 2. The minimum Gasteiger partial charge on any atom is -0.507 e. The summed E-state index contributed by atoms with van der Waals surface area (Å²) in [5.41, 5.74) is 1.41. The van der Waals surface area contributed by atoms with E-state index in [0.29, 0.717) is 11.1 Å². The highest BCUT2D eigenvalue weighted by Crippen LogP contribution is 2.17. The molecular formula is C20H24N2O2. The van der Waals surface area contributed by atoms with Crippen molar-refractivity contribution in [3.05, 3.63) is 59.7 Å². The van der Waals surface area contributed by atoms with Crippen LogP contribution < -0.4 is 0 Å². The van der Waals surface area contributed by atoms with Crippen LogP contribution in [0.25, 0.3) is 0 Å². The first-order valence-electron chi connectivity index (χ1n) is 8.28. The predicted molar refractivity (Wildman–Crippen MR) is 99.6 cm³/mol. The lowest BCUT2D eigenvalue weighted by Gasteiger charge is -2.17. The number of rotatable bonds is 7. The van der Waals surface area contributed by atoms with Crippen molar-refractivity contribution < 1.29 is 10.2 Å². The Kier molecular flexibility index (Phi) is 6.55. The molecule has 2 atom stereocenters. The van der Waals surface area contributed by atoms with Crippen LogP contribution in [0.15, 0.2) is 58.5 Å². The van der Waals surface area contributed by atoms with Gasteiger partial charge in [0, 0.05) is 23.6 Å². The van der Waals surface area contributed by atoms with Gasteiger partial charge in [0.25, 0.3) is 0 Å². The van der Waals surface area contributed by atoms with Crippen molar-refractivity contribution in [1.82, 2.24) is 0 Å². The Morgan fingerprint density at radius 1 is 0.750 bits per heavy atom. The number of aromatic hydroxyl groups is 2. The quantitative estimate of drug-likeness (QED) is 0.750. The second-order valence-corrected chi connectivity index (χ2v) is 5.63. The van der Waals surface area contributed by atoms with E-state index < -0.39 is 0 Å². The molecule has 0 aromatic heterocycles. The number of benzene rings is 2. The molecule has 0 fully saturated rings. The van der Waals surface area contributed by atoms with Crippen LogP contribution in [-0.4, -0.2) is 34.7 Å². The van der Waals surface area contributed by atoms with E-state index in [-0.39, 0.29) is 23.6 Å². The molecule has 0 radical (unpaired) electrons. The monoisotopic (exact) mass is 324 g/mol. The molecule has 0 unspecified atom stereocenters. The number of hydrogen-bond acceptors (Lipinski definition) is 4. The molecule has 0 saturated carbocycles. The fourth-order valence-corrected chi connectivity index (χ4v) is 2.50. The van der Waals surface area contributed by atoms with Gasteiger partial charge < -0.3 is 10.2 Å². The van der Waals surface area contributed by atoms with Gasteiger partial charge in [-0.05, 0) is 37.1 Å². The van der Waals surface area contributed by atoms with Gasteiger partial charge in [-0.1, -0.05) is 38.1 Å². The minimum absolute atomic E-state index is 0.0247. The van der Waals surface area contributed by atoms with Crippen LogP contribution in [0.4, 0.5) is 0 Å². The van der Waals surface area contributed by atoms with E-state index in [9.17, 15) is 10.2 Å². The summed E-state index contributed by atoms with van der Waals surface area (Å²) in [5.74, 6) is 0.448. The molecule has 0 heterocycles. The third-order valence-corrected chi connectivity index (χ3v) is 3.96. The molecule has 0 aliphatic carbocycles. The lowest BCUT2D eigenvalue weighted by molar-refractivity contribution is 0.473. The Labute approximate surface area is 143 Å². The van der Waals surface area contributed by atoms with Gasteiger partial charge in [0.05, 0.1) is 12.1 Å². The topological polar surface area (TPSA) is 65.2 Å². The van der Waals surface area contributed by atoms with Gasteiger partial charge in [-0.15, -0.1) is 0 Å². The van der Waals surface area contributed by atoms with E-state index in [0.717, 1.165) is 12.8 Å². The highest BCUT2D eigenvalue weighted by molar-refractivity contribution is 5.84. The summed E-state index contributed by atoms with van der Waals surface area (Å²) in [4.78, 5) is 9.24. The van der Waals surface area contributed by atoms with Crippen molar-refractivity contribution in [2.45, 2.75) is 38.8 Å². The number of hydrogen-bond donors (Lipinski definition) is 2. The van der Waals surface area contributed by atoms with Gasteiger partial charge in [0.15, 0.2) is 0 Å². The first-order valence-corrected chi connectivity index (χ1v) is 8.28. The van der Waals surface area contributed by atoms with E-state index in [1.54, 1.807) is 36.7 Å². The van der Waals surface area contributed by atoms with E-state index in [1.807, 2.05) is 24.3 Å². The molecule has 126 valence electrons. The van der Waals surface area contributed by atoms with Crippen molar-refractivity contribution in [2.24, 2.45) is 9.98 Å². The Bertz CT molecular complexity index is 649. The number of aliphatic imine (C=N–C) groups is 2. The maximum atomic E-state index is 9.83. The molecule has 0 aliphatic rings. The number of phenolic OH excluding ortho intramolecular Hbond substituents is 2. The fourth-order valence-electron chi connectivity index (χ4n) is 2.50. The number of nitrogens with zero attached hydrogens (tertiary/aromatic N) is 2. The molecular weight excluding hydrogens is 300 g/mol. The first-order chi connectivity index (χ1) is 11.7. The summed E-state index contributed by atoms with van der Waals surface area (Å²) < 4.78 is 0. The average molecular weight is 324 g/mol. The maximum absolute atomic E-state index is 9.83. The summed E-state index contributed by atoms with van der Waals surface area (Å²) in [6, 6.07) is 14.3. The van der Waals surface area contributed by atoms with Gasteiger partial charge in [-0.25, -0.2) is 0 Å². The molecule has 4 heteroatoms. The zero-order valence-corrected chi connectivity index (χ0v) is 14.1. The molecule has 0 aliphatic heterocycles. The molecule has 4 nitrogen and oxygen atoms in total. The normalized spacial score (nSPS) is 14.2. The molecule has 2 rings (SSSR count). The molecule has 0 spiro atoms. The third kappa shape index (κ3) is 4.69.